The van der Waals surface area contributed by atoms with Crippen LogP contribution in [0.25, 0.3) is 0 Å². The van der Waals surface area contributed by atoms with Gasteiger partial charge in [0.1, 0.15) is 22.2 Å². The molecule has 3 rings (SSSR count). The lowest BCUT2D eigenvalue weighted by atomic mass is 9.99. The van der Waals surface area contributed by atoms with Gasteiger partial charge < -0.3 is 14.3 Å². The maximum absolute atomic E-state index is 13.5. The largest absolute Gasteiger partial charge is 0.495 e. The highest BCUT2D eigenvalue weighted by Gasteiger charge is 2.37. The SMILES string of the molecule is COc1ccc(F)cc1S(=O)(=O)NC[C@@](O)(c1ccco1)c1cccs1. The highest BCUT2D eigenvalue weighted by Crippen LogP contribution is 2.33. The predicted octanol–water partition coefficient (Wildman–Crippen LogP) is 2.70. The number of aliphatic hydroxyl groups is 1. The third kappa shape index (κ3) is 3.51. The van der Waals surface area contributed by atoms with Gasteiger partial charge in [-0.05, 0) is 41.8 Å². The number of rotatable bonds is 7. The van der Waals surface area contributed by atoms with Crippen molar-refractivity contribution < 1.29 is 27.1 Å². The monoisotopic (exact) mass is 397 g/mol. The van der Waals surface area contributed by atoms with Crippen LogP contribution in [0.5, 0.6) is 5.75 Å². The molecule has 26 heavy (non-hydrogen) atoms. The molecule has 2 aromatic heterocycles. The van der Waals surface area contributed by atoms with Gasteiger partial charge in [-0.15, -0.1) is 11.3 Å². The molecule has 1 atom stereocenters. The van der Waals surface area contributed by atoms with Crippen LogP contribution in [0.2, 0.25) is 0 Å². The Morgan fingerprint density at radius 2 is 2.12 bits per heavy atom. The molecule has 2 N–H and O–H groups in total. The fraction of sp³-hybridized carbons (Fsp3) is 0.176. The van der Waals surface area contributed by atoms with Gasteiger partial charge in [-0.1, -0.05) is 6.07 Å². The Kier molecular flexibility index (Phi) is 5.15. The second-order valence-corrected chi connectivity index (χ2v) is 8.12. The summed E-state index contributed by atoms with van der Waals surface area (Å²) in [5, 5.41) is 12.9. The molecule has 0 saturated carbocycles. The summed E-state index contributed by atoms with van der Waals surface area (Å²) in [6.45, 7) is -0.400. The number of methoxy groups -OCH3 is 1. The number of nitrogens with one attached hydrogen (secondary N) is 1. The number of furan rings is 1. The third-order valence-electron chi connectivity index (χ3n) is 3.79. The summed E-state index contributed by atoms with van der Waals surface area (Å²) in [7, 11) is -2.86. The van der Waals surface area contributed by atoms with E-state index in [0.717, 1.165) is 12.1 Å². The van der Waals surface area contributed by atoms with Crippen molar-refractivity contribution >= 4 is 21.4 Å². The number of hydrogen-bond donors (Lipinski definition) is 2. The van der Waals surface area contributed by atoms with Gasteiger partial charge in [-0.25, -0.2) is 17.5 Å². The van der Waals surface area contributed by atoms with Gasteiger partial charge in [0, 0.05) is 4.88 Å². The first-order valence-corrected chi connectivity index (χ1v) is 9.86. The summed E-state index contributed by atoms with van der Waals surface area (Å²) in [5.41, 5.74) is -1.70. The van der Waals surface area contributed by atoms with E-state index in [0.29, 0.717) is 4.88 Å². The maximum atomic E-state index is 13.5. The van der Waals surface area contributed by atoms with E-state index in [9.17, 15) is 17.9 Å². The Morgan fingerprint density at radius 3 is 2.73 bits per heavy atom. The molecule has 138 valence electrons. The summed E-state index contributed by atoms with van der Waals surface area (Å²) >= 11 is 1.26. The normalized spacial score (nSPS) is 14.1. The summed E-state index contributed by atoms with van der Waals surface area (Å²) in [6.07, 6.45) is 1.39. The molecule has 3 aromatic rings. The number of halogens is 1. The summed E-state index contributed by atoms with van der Waals surface area (Å²) in [6, 6.07) is 9.74. The van der Waals surface area contributed by atoms with Gasteiger partial charge >= 0.3 is 0 Å². The highest BCUT2D eigenvalue weighted by molar-refractivity contribution is 7.89. The molecule has 0 bridgehead atoms. The Balaban J connectivity index is 1.94. The van der Waals surface area contributed by atoms with Crippen LogP contribution in [0.4, 0.5) is 4.39 Å². The Bertz CT molecular complexity index is 935. The topological polar surface area (TPSA) is 88.8 Å². The third-order valence-corrected chi connectivity index (χ3v) is 6.23. The molecule has 2 heterocycles. The quantitative estimate of drug-likeness (QED) is 0.640. The van der Waals surface area contributed by atoms with Crippen LogP contribution in [-0.2, 0) is 15.6 Å². The number of sulfonamides is 1. The van der Waals surface area contributed by atoms with Crippen LogP contribution in [0.1, 0.15) is 10.6 Å². The minimum absolute atomic E-state index is 0.00318. The molecule has 0 aliphatic heterocycles. The second-order valence-electron chi connectivity index (χ2n) is 5.43. The molecule has 6 nitrogen and oxygen atoms in total. The zero-order valence-electron chi connectivity index (χ0n) is 13.7. The Labute approximate surface area is 153 Å². The molecule has 9 heteroatoms. The first-order chi connectivity index (χ1) is 12.4. The van der Waals surface area contributed by atoms with Crippen LogP contribution in [-0.4, -0.2) is 27.2 Å². The molecular formula is C17H16FNO5S2. The molecule has 0 aliphatic carbocycles. The van der Waals surface area contributed by atoms with E-state index in [1.165, 1.54) is 30.8 Å². The lowest BCUT2D eigenvalue weighted by Crippen LogP contribution is -2.41. The minimum Gasteiger partial charge on any atom is -0.495 e. The zero-order chi connectivity index (χ0) is 18.8. The second kappa shape index (κ2) is 7.20. The van der Waals surface area contributed by atoms with Crippen LogP contribution in [0, 0.1) is 5.82 Å². The molecule has 1 aromatic carbocycles. The van der Waals surface area contributed by atoms with E-state index in [4.69, 9.17) is 9.15 Å². The molecule has 0 amide bonds. The number of thiophene rings is 1. The van der Waals surface area contributed by atoms with Crippen molar-refractivity contribution in [1.29, 1.82) is 0 Å². The molecule has 0 unspecified atom stereocenters. The van der Waals surface area contributed by atoms with E-state index in [-0.39, 0.29) is 16.4 Å². The van der Waals surface area contributed by atoms with E-state index in [2.05, 4.69) is 4.72 Å². The van der Waals surface area contributed by atoms with Crippen LogP contribution < -0.4 is 9.46 Å². The molecule has 0 saturated heterocycles. The number of ether oxygens (including phenoxy) is 1. The van der Waals surface area contributed by atoms with Gasteiger partial charge in [0.2, 0.25) is 10.0 Å². The van der Waals surface area contributed by atoms with Gasteiger partial charge in [0.05, 0.1) is 19.9 Å². The van der Waals surface area contributed by atoms with Crippen molar-refractivity contribution in [3.05, 3.63) is 70.6 Å². The van der Waals surface area contributed by atoms with Crippen molar-refractivity contribution in [2.24, 2.45) is 0 Å². The average Bonchev–Trinajstić information content (AvgIpc) is 3.33. The molecular weight excluding hydrogens is 381 g/mol. The van der Waals surface area contributed by atoms with E-state index in [1.807, 2.05) is 0 Å². The average molecular weight is 397 g/mol. The number of benzene rings is 1. The summed E-state index contributed by atoms with van der Waals surface area (Å²) in [5.74, 6) is -0.531. The van der Waals surface area contributed by atoms with Gasteiger partial charge in [0.15, 0.2) is 5.60 Å². The van der Waals surface area contributed by atoms with E-state index >= 15 is 0 Å². The lowest BCUT2D eigenvalue weighted by Gasteiger charge is -2.25. The van der Waals surface area contributed by atoms with Gasteiger partial charge in [-0.3, -0.25) is 0 Å². The Morgan fingerprint density at radius 1 is 1.31 bits per heavy atom. The predicted molar refractivity (Wildman–Crippen MR) is 94.2 cm³/mol. The molecule has 0 radical (unpaired) electrons. The van der Waals surface area contributed by atoms with Crippen molar-refractivity contribution in [1.82, 2.24) is 4.72 Å². The first kappa shape index (κ1) is 18.6. The van der Waals surface area contributed by atoms with Crippen molar-refractivity contribution in [3.8, 4) is 5.75 Å². The fourth-order valence-electron chi connectivity index (χ4n) is 2.46. The van der Waals surface area contributed by atoms with Gasteiger partial charge in [-0.2, -0.15) is 0 Å². The van der Waals surface area contributed by atoms with E-state index < -0.39 is 28.0 Å². The van der Waals surface area contributed by atoms with Crippen LogP contribution >= 0.6 is 11.3 Å². The lowest BCUT2D eigenvalue weighted by molar-refractivity contribution is 0.0655. The number of hydrogen-bond acceptors (Lipinski definition) is 6. The summed E-state index contributed by atoms with van der Waals surface area (Å²) < 4.78 is 51.4. The van der Waals surface area contributed by atoms with Crippen LogP contribution in [0.15, 0.2) is 63.4 Å². The first-order valence-electron chi connectivity index (χ1n) is 7.50. The zero-order valence-corrected chi connectivity index (χ0v) is 15.3. The minimum atomic E-state index is -4.15. The standard InChI is InChI=1S/C17H16FNO5S2/c1-23-13-7-6-12(18)10-14(13)26(21,22)19-11-17(20,15-4-2-8-24-15)16-5-3-9-25-16/h2-10,19-20H,11H2,1H3/t17-/m1/s1. The van der Waals surface area contributed by atoms with Gasteiger partial charge in [0.25, 0.3) is 0 Å². The smallest absolute Gasteiger partial charge is 0.244 e. The van der Waals surface area contributed by atoms with Crippen molar-refractivity contribution in [2.75, 3.05) is 13.7 Å². The van der Waals surface area contributed by atoms with Crippen molar-refractivity contribution in [2.45, 2.75) is 10.5 Å². The van der Waals surface area contributed by atoms with E-state index in [1.54, 1.807) is 29.6 Å². The fourth-order valence-corrected chi connectivity index (χ4v) is 4.53. The molecule has 0 fully saturated rings. The maximum Gasteiger partial charge on any atom is 0.244 e. The molecule has 0 spiro atoms. The highest BCUT2D eigenvalue weighted by atomic mass is 32.2. The summed E-state index contributed by atoms with van der Waals surface area (Å²) in [4.78, 5) is 0.148. The molecule has 0 aliphatic rings. The van der Waals surface area contributed by atoms with Crippen molar-refractivity contribution in [3.63, 3.8) is 0 Å². The Hall–Kier alpha value is -2.20. The van der Waals surface area contributed by atoms with Crippen LogP contribution in [0.3, 0.4) is 0 Å².